The highest BCUT2D eigenvalue weighted by Gasteiger charge is 2.35. The fourth-order valence-corrected chi connectivity index (χ4v) is 6.36. The molecule has 35 heavy (non-hydrogen) atoms. The lowest BCUT2D eigenvalue weighted by Crippen LogP contribution is -2.30. The Bertz CT molecular complexity index is 958. The van der Waals surface area contributed by atoms with Gasteiger partial charge in [0.15, 0.2) is 0 Å². The van der Waals surface area contributed by atoms with Gasteiger partial charge in [-0.25, -0.2) is 0 Å². The third-order valence-electron chi connectivity index (χ3n) is 8.39. The maximum Gasteiger partial charge on any atom is 0.119 e. The number of benzene rings is 2. The maximum atomic E-state index is 5.54. The predicted molar refractivity (Wildman–Crippen MR) is 149 cm³/mol. The first-order chi connectivity index (χ1) is 17.2. The first-order valence-corrected chi connectivity index (χ1v) is 14.2. The van der Waals surface area contributed by atoms with Crippen LogP contribution in [0.4, 0.5) is 0 Å². The molecule has 0 heterocycles. The molecule has 0 aliphatic heterocycles. The summed E-state index contributed by atoms with van der Waals surface area (Å²) in [7, 11) is 0. The van der Waals surface area contributed by atoms with Crippen LogP contribution in [0, 0.1) is 29.6 Å². The fraction of sp³-hybridized carbons (Fsp3) is 0.529. The van der Waals surface area contributed by atoms with E-state index in [1.807, 2.05) is 24.3 Å². The molecule has 0 amide bonds. The van der Waals surface area contributed by atoms with Crippen molar-refractivity contribution in [3.8, 4) is 17.6 Å². The lowest BCUT2D eigenvalue weighted by atomic mass is 9.63. The van der Waals surface area contributed by atoms with Gasteiger partial charge >= 0.3 is 0 Å². The van der Waals surface area contributed by atoms with E-state index in [0.717, 1.165) is 40.5 Å². The second-order valence-electron chi connectivity index (χ2n) is 10.9. The summed E-state index contributed by atoms with van der Waals surface area (Å²) in [4.78, 5) is 0. The molecule has 1 unspecified atom stereocenters. The zero-order valence-electron chi connectivity index (χ0n) is 21.8. The number of rotatable bonds is 10. The molecule has 2 aliphatic carbocycles. The zero-order chi connectivity index (χ0) is 24.3. The molecule has 2 aliphatic rings. The fourth-order valence-electron chi connectivity index (χ4n) is 6.36. The van der Waals surface area contributed by atoms with Gasteiger partial charge in [0.05, 0.1) is 0 Å². The normalized spacial score (nSPS) is 23.6. The highest BCUT2D eigenvalue weighted by Crippen LogP contribution is 2.48. The number of unbranched alkanes of at least 4 members (excludes halogenated alkanes) is 4. The lowest BCUT2D eigenvalue weighted by Gasteiger charge is -2.42. The van der Waals surface area contributed by atoms with Crippen molar-refractivity contribution in [3.63, 3.8) is 0 Å². The summed E-state index contributed by atoms with van der Waals surface area (Å²) in [6, 6.07) is 17.1. The molecule has 2 aromatic rings. The Labute approximate surface area is 214 Å². The van der Waals surface area contributed by atoms with E-state index in [2.05, 4.69) is 49.6 Å². The zero-order valence-corrected chi connectivity index (χ0v) is 21.8. The Morgan fingerprint density at radius 2 is 1.46 bits per heavy atom. The monoisotopic (exact) mass is 468 g/mol. The maximum absolute atomic E-state index is 5.54. The SMILES string of the molecule is C=CCOc1ccc(C#Cc2ccc([C@@H]3CC[C@@H]4CC(CCCCCCC)CC[C@@H]4C3)cc2)cc1. The molecular formula is C34H44O. The summed E-state index contributed by atoms with van der Waals surface area (Å²) in [5.41, 5.74) is 3.62. The van der Waals surface area contributed by atoms with Crippen molar-refractivity contribution < 1.29 is 4.74 Å². The van der Waals surface area contributed by atoms with E-state index >= 15 is 0 Å². The molecule has 0 radical (unpaired) electrons. The average Bonchev–Trinajstić information content (AvgIpc) is 2.91. The number of fused-ring (bicyclic) bond motifs is 1. The van der Waals surface area contributed by atoms with Gasteiger partial charge in [-0.15, -0.1) is 0 Å². The lowest BCUT2D eigenvalue weighted by molar-refractivity contribution is 0.113. The minimum Gasteiger partial charge on any atom is -0.490 e. The van der Waals surface area contributed by atoms with E-state index in [0.29, 0.717) is 6.61 Å². The van der Waals surface area contributed by atoms with E-state index in [-0.39, 0.29) is 0 Å². The Hall–Kier alpha value is -2.46. The van der Waals surface area contributed by atoms with Crippen molar-refractivity contribution in [2.24, 2.45) is 17.8 Å². The van der Waals surface area contributed by atoms with Crippen molar-refractivity contribution >= 4 is 0 Å². The van der Waals surface area contributed by atoms with Crippen molar-refractivity contribution in [1.82, 2.24) is 0 Å². The van der Waals surface area contributed by atoms with Crippen molar-refractivity contribution in [3.05, 3.63) is 77.9 Å². The molecule has 2 fully saturated rings. The second-order valence-corrected chi connectivity index (χ2v) is 10.9. The summed E-state index contributed by atoms with van der Waals surface area (Å²) >= 11 is 0. The van der Waals surface area contributed by atoms with Gasteiger partial charge in [-0.3, -0.25) is 0 Å². The predicted octanol–water partition coefficient (Wildman–Crippen LogP) is 9.31. The highest BCUT2D eigenvalue weighted by atomic mass is 16.5. The standard InChI is InChI=1S/C34H44O/c1-3-5-6-7-8-9-29-14-19-33-26-32(21-20-31(33)25-29)30-17-12-27(13-18-30)10-11-28-15-22-34(23-16-28)35-24-4-2/h4,12-13,15-18,22-23,29,31-33H,2-3,5-9,14,19-21,24-26H2,1H3/t29?,31-,32-,33-/m1/s1. The number of hydrogen-bond donors (Lipinski definition) is 0. The smallest absolute Gasteiger partial charge is 0.119 e. The van der Waals surface area contributed by atoms with Gasteiger partial charge in [-0.05, 0) is 97.7 Å². The van der Waals surface area contributed by atoms with Crippen LogP contribution in [0.2, 0.25) is 0 Å². The summed E-state index contributed by atoms with van der Waals surface area (Å²) in [6.45, 7) is 6.52. The van der Waals surface area contributed by atoms with E-state index in [1.54, 1.807) is 6.08 Å². The molecule has 2 aromatic carbocycles. The van der Waals surface area contributed by atoms with Gasteiger partial charge in [0.1, 0.15) is 12.4 Å². The molecule has 0 aromatic heterocycles. The quantitative estimate of drug-likeness (QED) is 0.192. The van der Waals surface area contributed by atoms with Crippen molar-refractivity contribution in [2.75, 3.05) is 6.61 Å². The van der Waals surface area contributed by atoms with Crippen LogP contribution in [0.25, 0.3) is 0 Å². The highest BCUT2D eigenvalue weighted by molar-refractivity contribution is 5.45. The van der Waals surface area contributed by atoms with Crippen LogP contribution in [0.5, 0.6) is 5.75 Å². The van der Waals surface area contributed by atoms with E-state index in [9.17, 15) is 0 Å². The van der Waals surface area contributed by atoms with Crippen LogP contribution in [-0.4, -0.2) is 6.61 Å². The van der Waals surface area contributed by atoms with Gasteiger partial charge in [0.2, 0.25) is 0 Å². The summed E-state index contributed by atoms with van der Waals surface area (Å²) in [6.07, 6.45) is 19.1. The molecule has 186 valence electrons. The number of ether oxygens (including phenoxy) is 1. The minimum absolute atomic E-state index is 0.527. The van der Waals surface area contributed by atoms with E-state index in [4.69, 9.17) is 4.74 Å². The molecule has 4 atom stereocenters. The first-order valence-electron chi connectivity index (χ1n) is 14.2. The first kappa shape index (κ1) is 25.6. The largest absolute Gasteiger partial charge is 0.490 e. The third kappa shape index (κ3) is 7.76. The molecule has 0 bridgehead atoms. The topological polar surface area (TPSA) is 9.23 Å². The van der Waals surface area contributed by atoms with Crippen LogP contribution >= 0.6 is 0 Å². The van der Waals surface area contributed by atoms with Gasteiger partial charge in [0.25, 0.3) is 0 Å². The Balaban J connectivity index is 1.24. The van der Waals surface area contributed by atoms with Crippen LogP contribution in [0.1, 0.15) is 107 Å². The molecule has 0 saturated heterocycles. The summed E-state index contributed by atoms with van der Waals surface area (Å²) in [5.74, 6) is 11.2. The van der Waals surface area contributed by atoms with Gasteiger partial charge in [-0.1, -0.05) is 88.5 Å². The Morgan fingerprint density at radius 1 is 0.800 bits per heavy atom. The molecule has 4 rings (SSSR count). The second kappa shape index (κ2) is 13.6. The Morgan fingerprint density at radius 3 is 2.17 bits per heavy atom. The van der Waals surface area contributed by atoms with Gasteiger partial charge < -0.3 is 4.74 Å². The van der Waals surface area contributed by atoms with Crippen LogP contribution in [0.15, 0.2) is 61.2 Å². The molecule has 1 heteroatoms. The molecular weight excluding hydrogens is 424 g/mol. The molecule has 2 saturated carbocycles. The third-order valence-corrected chi connectivity index (χ3v) is 8.39. The van der Waals surface area contributed by atoms with E-state index in [1.165, 1.54) is 82.6 Å². The molecule has 0 N–H and O–H groups in total. The molecule has 0 spiro atoms. The van der Waals surface area contributed by atoms with Gasteiger partial charge in [-0.2, -0.15) is 0 Å². The van der Waals surface area contributed by atoms with Gasteiger partial charge in [0, 0.05) is 11.1 Å². The summed E-state index contributed by atoms with van der Waals surface area (Å²) in [5, 5.41) is 0. The van der Waals surface area contributed by atoms with Crippen molar-refractivity contribution in [1.29, 1.82) is 0 Å². The average molecular weight is 469 g/mol. The van der Waals surface area contributed by atoms with Crippen LogP contribution in [-0.2, 0) is 0 Å². The Kier molecular flexibility index (Phi) is 9.94. The van der Waals surface area contributed by atoms with E-state index < -0.39 is 0 Å². The van der Waals surface area contributed by atoms with Crippen molar-refractivity contribution in [2.45, 2.75) is 89.9 Å². The van der Waals surface area contributed by atoms with Crippen LogP contribution in [0.3, 0.4) is 0 Å². The minimum atomic E-state index is 0.527. The number of hydrogen-bond acceptors (Lipinski definition) is 1. The molecule has 1 nitrogen and oxygen atoms in total. The van der Waals surface area contributed by atoms with Crippen LogP contribution < -0.4 is 4.74 Å². The summed E-state index contributed by atoms with van der Waals surface area (Å²) < 4.78 is 5.54.